The molecule has 0 radical (unpaired) electrons. The van der Waals surface area contributed by atoms with Gasteiger partial charge < -0.3 is 26.0 Å². The fourth-order valence-corrected chi connectivity index (χ4v) is 5.03. The number of sulfonamides is 1. The van der Waals surface area contributed by atoms with Crippen molar-refractivity contribution >= 4 is 21.6 Å². The standard InChI is InChI=1S/C30H39N3O6S/c1-19-14-27(35)20(2)13-22(19)11-12-31-29(37)24-8-6-7-21(15-24)17-30(3,4)32-18-28(36)23-9-10-26(34)25(16-23)33-40(5,38)39/h6-10,13-16,28,32-36H,11-12,17-18H2,1-5H3,(H,31,37)/t28-/m1/s1. The van der Waals surface area contributed by atoms with Crippen LogP contribution in [0.5, 0.6) is 11.5 Å². The molecule has 0 bridgehead atoms. The molecule has 216 valence electrons. The zero-order chi connectivity index (χ0) is 29.7. The minimum atomic E-state index is -3.59. The number of anilines is 1. The topological polar surface area (TPSA) is 148 Å². The Bertz CT molecular complexity index is 1470. The lowest BCUT2D eigenvalue weighted by Gasteiger charge is -2.28. The lowest BCUT2D eigenvalue weighted by molar-refractivity contribution is 0.0954. The summed E-state index contributed by atoms with van der Waals surface area (Å²) in [5.41, 5.74) is 4.39. The van der Waals surface area contributed by atoms with Gasteiger partial charge in [0, 0.05) is 24.2 Å². The number of phenolic OH excluding ortho intramolecular Hbond substituents is 2. The zero-order valence-corrected chi connectivity index (χ0v) is 24.4. The Morgan fingerprint density at radius 1 is 0.975 bits per heavy atom. The van der Waals surface area contributed by atoms with Crippen LogP contribution in [0.4, 0.5) is 5.69 Å². The first-order chi connectivity index (χ1) is 18.6. The summed E-state index contributed by atoms with van der Waals surface area (Å²) in [7, 11) is -3.59. The summed E-state index contributed by atoms with van der Waals surface area (Å²) >= 11 is 0. The lowest BCUT2D eigenvalue weighted by Crippen LogP contribution is -2.43. The van der Waals surface area contributed by atoms with Crippen LogP contribution in [-0.4, -0.2) is 54.5 Å². The van der Waals surface area contributed by atoms with E-state index in [1.165, 1.54) is 18.2 Å². The van der Waals surface area contributed by atoms with Gasteiger partial charge in [0.25, 0.3) is 5.91 Å². The Hall–Kier alpha value is -3.60. The first-order valence-corrected chi connectivity index (χ1v) is 14.9. The lowest BCUT2D eigenvalue weighted by atomic mass is 9.93. The number of β-amino-alcohol motifs (C(OH)–C–C–N with tert-alkyl or cyclic N) is 1. The molecule has 0 aliphatic carbocycles. The van der Waals surface area contributed by atoms with E-state index in [1.54, 1.807) is 12.1 Å². The number of hydrogen-bond donors (Lipinski definition) is 6. The van der Waals surface area contributed by atoms with Crippen molar-refractivity contribution in [3.63, 3.8) is 0 Å². The van der Waals surface area contributed by atoms with E-state index in [-0.39, 0.29) is 29.6 Å². The van der Waals surface area contributed by atoms with E-state index in [2.05, 4.69) is 15.4 Å². The van der Waals surface area contributed by atoms with Crippen LogP contribution in [-0.2, 0) is 22.9 Å². The third kappa shape index (κ3) is 8.97. The Kier molecular flexibility index (Phi) is 9.83. The fraction of sp³-hybridized carbons (Fsp3) is 0.367. The molecule has 0 aliphatic heterocycles. The smallest absolute Gasteiger partial charge is 0.251 e. The molecule has 0 aliphatic rings. The number of carbonyl (C=O) groups excluding carboxylic acids is 1. The van der Waals surface area contributed by atoms with Gasteiger partial charge in [-0.1, -0.05) is 24.3 Å². The van der Waals surface area contributed by atoms with Gasteiger partial charge in [0.15, 0.2) is 0 Å². The van der Waals surface area contributed by atoms with Crippen molar-refractivity contribution < 1.29 is 28.5 Å². The van der Waals surface area contributed by atoms with E-state index in [0.29, 0.717) is 30.5 Å². The average molecular weight is 570 g/mol. The largest absolute Gasteiger partial charge is 0.508 e. The summed E-state index contributed by atoms with van der Waals surface area (Å²) in [6.07, 6.45) is 1.28. The van der Waals surface area contributed by atoms with Crippen LogP contribution in [0, 0.1) is 13.8 Å². The monoisotopic (exact) mass is 569 g/mol. The Balaban J connectivity index is 1.57. The van der Waals surface area contributed by atoms with E-state index in [9.17, 15) is 28.5 Å². The van der Waals surface area contributed by atoms with E-state index < -0.39 is 21.7 Å². The molecule has 3 aromatic rings. The first-order valence-electron chi connectivity index (χ1n) is 13.0. The number of amides is 1. The number of phenols is 2. The molecule has 6 N–H and O–H groups in total. The van der Waals surface area contributed by atoms with Crippen LogP contribution in [0.1, 0.15) is 58.1 Å². The normalized spacial score (nSPS) is 12.7. The number of nitrogens with one attached hydrogen (secondary N) is 3. The highest BCUT2D eigenvalue weighted by Gasteiger charge is 2.21. The second-order valence-corrected chi connectivity index (χ2v) is 12.6. The van der Waals surface area contributed by atoms with Gasteiger partial charge in [-0.05, 0) is 98.7 Å². The molecule has 9 nitrogen and oxygen atoms in total. The Morgan fingerprint density at radius 3 is 2.40 bits per heavy atom. The van der Waals surface area contributed by atoms with E-state index in [1.807, 2.05) is 52.0 Å². The van der Waals surface area contributed by atoms with Gasteiger partial charge in [-0.3, -0.25) is 9.52 Å². The van der Waals surface area contributed by atoms with E-state index in [4.69, 9.17) is 0 Å². The maximum Gasteiger partial charge on any atom is 0.251 e. The second kappa shape index (κ2) is 12.7. The molecule has 3 rings (SSSR count). The summed E-state index contributed by atoms with van der Waals surface area (Å²) in [6, 6.07) is 15.4. The van der Waals surface area contributed by atoms with E-state index in [0.717, 1.165) is 28.5 Å². The van der Waals surface area contributed by atoms with E-state index >= 15 is 0 Å². The predicted octanol–water partition coefficient (Wildman–Crippen LogP) is 3.70. The Morgan fingerprint density at radius 2 is 1.70 bits per heavy atom. The molecule has 0 fully saturated rings. The van der Waals surface area contributed by atoms with Crippen molar-refractivity contribution in [2.45, 2.75) is 52.2 Å². The highest BCUT2D eigenvalue weighted by atomic mass is 32.2. The summed E-state index contributed by atoms with van der Waals surface area (Å²) in [5, 5.41) is 36.8. The molecule has 1 amide bonds. The van der Waals surface area contributed by atoms with Crippen molar-refractivity contribution in [2.75, 3.05) is 24.1 Å². The molecule has 0 unspecified atom stereocenters. The van der Waals surface area contributed by atoms with Crippen molar-refractivity contribution in [1.82, 2.24) is 10.6 Å². The number of carbonyl (C=O) groups is 1. The molecule has 10 heteroatoms. The third-order valence-electron chi connectivity index (χ3n) is 6.64. The summed E-state index contributed by atoms with van der Waals surface area (Å²) < 4.78 is 25.3. The van der Waals surface area contributed by atoms with Gasteiger partial charge in [0.2, 0.25) is 10.0 Å². The quantitative estimate of drug-likeness (QED) is 0.182. The molecule has 0 saturated carbocycles. The fourth-order valence-electron chi connectivity index (χ4n) is 4.47. The maximum absolute atomic E-state index is 12.8. The molecule has 0 saturated heterocycles. The van der Waals surface area contributed by atoms with Crippen molar-refractivity contribution in [1.29, 1.82) is 0 Å². The Labute approximate surface area is 236 Å². The van der Waals surface area contributed by atoms with Gasteiger partial charge in [-0.2, -0.15) is 0 Å². The van der Waals surface area contributed by atoms with Crippen LogP contribution in [0.2, 0.25) is 0 Å². The van der Waals surface area contributed by atoms with Crippen molar-refractivity contribution in [2.24, 2.45) is 0 Å². The summed E-state index contributed by atoms with van der Waals surface area (Å²) in [4.78, 5) is 12.8. The molecular formula is C30H39N3O6S. The molecule has 3 aromatic carbocycles. The van der Waals surface area contributed by atoms with Crippen LogP contribution in [0.15, 0.2) is 54.6 Å². The first kappa shape index (κ1) is 30.9. The maximum atomic E-state index is 12.8. The van der Waals surface area contributed by atoms with Gasteiger partial charge in [-0.15, -0.1) is 0 Å². The molecule has 0 spiro atoms. The molecule has 1 atom stereocenters. The van der Waals surface area contributed by atoms with Gasteiger partial charge in [0.05, 0.1) is 18.0 Å². The number of aliphatic hydroxyl groups is 1. The van der Waals surface area contributed by atoms with Crippen LogP contribution < -0.4 is 15.4 Å². The molecular weight excluding hydrogens is 530 g/mol. The number of hydrogen-bond acceptors (Lipinski definition) is 7. The molecule has 40 heavy (non-hydrogen) atoms. The second-order valence-electron chi connectivity index (χ2n) is 10.9. The number of benzene rings is 3. The third-order valence-corrected chi connectivity index (χ3v) is 7.24. The highest BCUT2D eigenvalue weighted by Crippen LogP contribution is 2.28. The number of rotatable bonds is 12. The van der Waals surface area contributed by atoms with Crippen LogP contribution >= 0.6 is 0 Å². The zero-order valence-electron chi connectivity index (χ0n) is 23.6. The van der Waals surface area contributed by atoms with Crippen LogP contribution in [0.3, 0.4) is 0 Å². The van der Waals surface area contributed by atoms with Gasteiger partial charge in [-0.25, -0.2) is 8.42 Å². The van der Waals surface area contributed by atoms with Crippen LogP contribution in [0.25, 0.3) is 0 Å². The minimum Gasteiger partial charge on any atom is -0.508 e. The summed E-state index contributed by atoms with van der Waals surface area (Å²) in [6.45, 7) is 8.42. The van der Waals surface area contributed by atoms with Crippen molar-refractivity contribution in [3.8, 4) is 11.5 Å². The number of aliphatic hydroxyl groups excluding tert-OH is 1. The molecule has 0 aromatic heterocycles. The van der Waals surface area contributed by atoms with Crippen molar-refractivity contribution in [3.05, 3.63) is 88.0 Å². The summed E-state index contributed by atoms with van der Waals surface area (Å²) in [5.74, 6) is -0.128. The number of aromatic hydroxyl groups is 2. The average Bonchev–Trinajstić information content (AvgIpc) is 2.86. The number of aryl methyl sites for hydroxylation is 2. The highest BCUT2D eigenvalue weighted by molar-refractivity contribution is 7.92. The molecule has 0 heterocycles. The van der Waals surface area contributed by atoms with Gasteiger partial charge in [0.1, 0.15) is 11.5 Å². The predicted molar refractivity (Wildman–Crippen MR) is 157 cm³/mol. The minimum absolute atomic E-state index is 0.00159. The SMILES string of the molecule is Cc1cc(CCNC(=O)c2cccc(CC(C)(C)NC[C@@H](O)c3ccc(O)c(NS(C)(=O)=O)c3)c2)c(C)cc1O. The van der Waals surface area contributed by atoms with Gasteiger partial charge >= 0.3 is 0 Å².